The maximum Gasteiger partial charge on any atom is 0.417 e. The van der Waals surface area contributed by atoms with Gasteiger partial charge in [0.2, 0.25) is 10.0 Å². The van der Waals surface area contributed by atoms with E-state index in [4.69, 9.17) is 16.3 Å². The van der Waals surface area contributed by atoms with Crippen molar-refractivity contribution < 1.29 is 31.1 Å². The number of hydrogen-bond donors (Lipinski definition) is 1. The second-order valence-electron chi connectivity index (χ2n) is 5.33. The number of nitrogens with one attached hydrogen (secondary N) is 1. The van der Waals surface area contributed by atoms with E-state index < -0.39 is 32.7 Å². The fourth-order valence-electron chi connectivity index (χ4n) is 1.96. The minimum atomic E-state index is -4.54. The Balaban J connectivity index is 2.02. The summed E-state index contributed by atoms with van der Waals surface area (Å²) in [5.41, 5.74) is -0.193. The van der Waals surface area contributed by atoms with Crippen LogP contribution in [0.5, 0.6) is 5.75 Å². The lowest BCUT2D eigenvalue weighted by Gasteiger charge is -2.11. The lowest BCUT2D eigenvalue weighted by molar-refractivity contribution is -0.137. The van der Waals surface area contributed by atoms with Crippen LogP contribution in [0.15, 0.2) is 42.5 Å². The highest BCUT2D eigenvalue weighted by molar-refractivity contribution is 7.89. The zero-order valence-electron chi connectivity index (χ0n) is 13.3. The summed E-state index contributed by atoms with van der Waals surface area (Å²) >= 11 is 5.61. The van der Waals surface area contributed by atoms with Crippen molar-refractivity contribution in [2.45, 2.75) is 12.8 Å². The second kappa shape index (κ2) is 7.55. The molecule has 0 aliphatic carbocycles. The van der Waals surface area contributed by atoms with Gasteiger partial charge < -0.3 is 4.74 Å². The standard InChI is InChI=1S/C16H13ClF3NO4S/c1-26(23,24)21-15(22)11-4-2-10(3-5-11)9-25-12-6-7-13(14(17)8-12)16(18,19)20/h2-8H,9H2,1H3,(H,21,22). The number of hydrogen-bond acceptors (Lipinski definition) is 4. The Labute approximate surface area is 152 Å². The van der Waals surface area contributed by atoms with Crippen molar-refractivity contribution in [2.24, 2.45) is 0 Å². The summed E-state index contributed by atoms with van der Waals surface area (Å²) in [6.45, 7) is 0.0235. The predicted octanol–water partition coefficient (Wildman–Crippen LogP) is 3.63. The highest BCUT2D eigenvalue weighted by atomic mass is 35.5. The van der Waals surface area contributed by atoms with Crippen LogP contribution in [0.3, 0.4) is 0 Å². The molecule has 0 aliphatic heterocycles. The molecule has 0 unspecified atom stereocenters. The van der Waals surface area contributed by atoms with Gasteiger partial charge in [-0.15, -0.1) is 0 Å². The molecule has 0 bridgehead atoms. The smallest absolute Gasteiger partial charge is 0.417 e. The van der Waals surface area contributed by atoms with Crippen LogP contribution >= 0.6 is 11.6 Å². The van der Waals surface area contributed by atoms with E-state index in [2.05, 4.69) is 0 Å². The Hall–Kier alpha value is -2.26. The van der Waals surface area contributed by atoms with Crippen LogP contribution in [0.4, 0.5) is 13.2 Å². The molecule has 0 saturated heterocycles. The first-order chi connectivity index (χ1) is 12.0. The molecular weight excluding hydrogens is 395 g/mol. The highest BCUT2D eigenvalue weighted by Gasteiger charge is 2.33. The quantitative estimate of drug-likeness (QED) is 0.821. The molecule has 0 aliphatic rings. The molecule has 26 heavy (non-hydrogen) atoms. The van der Waals surface area contributed by atoms with Crippen molar-refractivity contribution >= 4 is 27.5 Å². The molecule has 140 valence electrons. The maximum atomic E-state index is 12.6. The normalized spacial score (nSPS) is 11.9. The molecule has 0 radical (unpaired) electrons. The van der Waals surface area contributed by atoms with Crippen molar-refractivity contribution in [1.29, 1.82) is 0 Å². The van der Waals surface area contributed by atoms with Crippen molar-refractivity contribution in [3.63, 3.8) is 0 Å². The Bertz CT molecular complexity index is 912. The van der Waals surface area contributed by atoms with Gasteiger partial charge in [0.25, 0.3) is 5.91 Å². The first kappa shape index (κ1) is 20.1. The number of amides is 1. The van der Waals surface area contributed by atoms with Crippen LogP contribution < -0.4 is 9.46 Å². The fourth-order valence-corrected chi connectivity index (χ4v) is 2.69. The SMILES string of the molecule is CS(=O)(=O)NC(=O)c1ccc(COc2ccc(C(F)(F)F)c(Cl)c2)cc1. The number of benzene rings is 2. The third-order valence-electron chi connectivity index (χ3n) is 3.15. The van der Waals surface area contributed by atoms with E-state index in [1.54, 1.807) is 0 Å². The topological polar surface area (TPSA) is 72.5 Å². The molecule has 2 aromatic rings. The summed E-state index contributed by atoms with van der Waals surface area (Å²) in [5, 5.41) is -0.470. The average molecular weight is 408 g/mol. The minimum absolute atomic E-state index is 0.0235. The number of rotatable bonds is 5. The van der Waals surface area contributed by atoms with E-state index in [0.717, 1.165) is 24.5 Å². The minimum Gasteiger partial charge on any atom is -0.489 e. The third kappa shape index (κ3) is 5.63. The van der Waals surface area contributed by atoms with Gasteiger partial charge in [0.1, 0.15) is 12.4 Å². The number of ether oxygens (including phenoxy) is 1. The number of carbonyl (C=O) groups excluding carboxylic acids is 1. The molecule has 5 nitrogen and oxygen atoms in total. The summed E-state index contributed by atoms with van der Waals surface area (Å²) < 4.78 is 67.2. The lowest BCUT2D eigenvalue weighted by Crippen LogP contribution is -2.29. The van der Waals surface area contributed by atoms with Crippen molar-refractivity contribution in [2.75, 3.05) is 6.26 Å². The average Bonchev–Trinajstić information content (AvgIpc) is 2.50. The fraction of sp³-hybridized carbons (Fsp3) is 0.188. The molecule has 2 aromatic carbocycles. The predicted molar refractivity (Wildman–Crippen MR) is 89.5 cm³/mol. The summed E-state index contributed by atoms with van der Waals surface area (Å²) in [5.74, 6) is -0.614. The molecule has 0 heterocycles. The van der Waals surface area contributed by atoms with Crippen LogP contribution in [0.25, 0.3) is 0 Å². The summed E-state index contributed by atoms with van der Waals surface area (Å²) in [7, 11) is -3.66. The van der Waals surface area contributed by atoms with Gasteiger partial charge in [-0.1, -0.05) is 23.7 Å². The van der Waals surface area contributed by atoms with E-state index in [1.165, 1.54) is 24.3 Å². The first-order valence-corrected chi connectivity index (χ1v) is 9.33. The number of halogens is 4. The van der Waals surface area contributed by atoms with Crippen LogP contribution in [0.1, 0.15) is 21.5 Å². The van der Waals surface area contributed by atoms with Crippen LogP contribution in [0, 0.1) is 0 Å². The lowest BCUT2D eigenvalue weighted by atomic mass is 10.1. The Kier molecular flexibility index (Phi) is 5.82. The maximum absolute atomic E-state index is 12.6. The van der Waals surface area contributed by atoms with Crippen molar-refractivity contribution in [1.82, 2.24) is 4.72 Å². The number of sulfonamides is 1. The zero-order chi connectivity index (χ0) is 19.5. The van der Waals surface area contributed by atoms with E-state index in [0.29, 0.717) is 5.56 Å². The molecular formula is C16H13ClF3NO4S. The van der Waals surface area contributed by atoms with Gasteiger partial charge in [-0.3, -0.25) is 4.79 Å². The van der Waals surface area contributed by atoms with E-state index in [1.807, 2.05) is 4.72 Å². The largest absolute Gasteiger partial charge is 0.489 e. The molecule has 1 amide bonds. The van der Waals surface area contributed by atoms with Gasteiger partial charge in [0.05, 0.1) is 16.8 Å². The molecule has 0 atom stereocenters. The van der Waals surface area contributed by atoms with Gasteiger partial charge in [-0.25, -0.2) is 13.1 Å². The summed E-state index contributed by atoms with van der Waals surface area (Å²) in [6, 6.07) is 8.92. The second-order valence-corrected chi connectivity index (χ2v) is 7.48. The summed E-state index contributed by atoms with van der Waals surface area (Å²) in [6.07, 6.45) is -3.68. The van der Waals surface area contributed by atoms with Crippen LogP contribution in [-0.4, -0.2) is 20.6 Å². The molecule has 0 spiro atoms. The Morgan fingerprint density at radius 1 is 1.15 bits per heavy atom. The molecule has 2 rings (SSSR count). The molecule has 1 N–H and O–H groups in total. The molecule has 10 heteroatoms. The van der Waals surface area contributed by atoms with E-state index >= 15 is 0 Å². The van der Waals surface area contributed by atoms with Gasteiger partial charge in [-0.05, 0) is 35.9 Å². The van der Waals surface area contributed by atoms with E-state index in [9.17, 15) is 26.4 Å². The molecule has 0 aromatic heterocycles. The van der Waals surface area contributed by atoms with Crippen molar-refractivity contribution in [3.05, 3.63) is 64.2 Å². The van der Waals surface area contributed by atoms with Gasteiger partial charge in [0, 0.05) is 5.56 Å². The Morgan fingerprint density at radius 2 is 1.77 bits per heavy atom. The molecule has 0 fully saturated rings. The van der Waals surface area contributed by atoms with Gasteiger partial charge in [-0.2, -0.15) is 13.2 Å². The number of alkyl halides is 3. The van der Waals surface area contributed by atoms with Crippen LogP contribution in [0.2, 0.25) is 5.02 Å². The van der Waals surface area contributed by atoms with Gasteiger partial charge in [0.15, 0.2) is 0 Å². The van der Waals surface area contributed by atoms with E-state index in [-0.39, 0.29) is 17.9 Å². The third-order valence-corrected chi connectivity index (χ3v) is 4.01. The van der Waals surface area contributed by atoms with Crippen LogP contribution in [-0.2, 0) is 22.8 Å². The number of carbonyl (C=O) groups is 1. The first-order valence-electron chi connectivity index (χ1n) is 7.06. The Morgan fingerprint density at radius 3 is 2.27 bits per heavy atom. The monoisotopic (exact) mass is 407 g/mol. The van der Waals surface area contributed by atoms with Crippen molar-refractivity contribution in [3.8, 4) is 5.75 Å². The molecule has 0 saturated carbocycles. The van der Waals surface area contributed by atoms with Gasteiger partial charge >= 0.3 is 6.18 Å². The summed E-state index contributed by atoms with van der Waals surface area (Å²) in [4.78, 5) is 11.7. The zero-order valence-corrected chi connectivity index (χ0v) is 14.9. The highest BCUT2D eigenvalue weighted by Crippen LogP contribution is 2.36.